The predicted octanol–water partition coefficient (Wildman–Crippen LogP) is 3.00. The summed E-state index contributed by atoms with van der Waals surface area (Å²) >= 11 is 0. The second kappa shape index (κ2) is 8.86. The first-order chi connectivity index (χ1) is 15.7. The van der Waals surface area contributed by atoms with Crippen LogP contribution in [0.3, 0.4) is 0 Å². The van der Waals surface area contributed by atoms with Gasteiger partial charge in [0.1, 0.15) is 12.1 Å². The van der Waals surface area contributed by atoms with E-state index < -0.39 is 35.7 Å². The summed E-state index contributed by atoms with van der Waals surface area (Å²) in [5.41, 5.74) is 3.10. The maximum Gasteiger partial charge on any atom is 0.407 e. The van der Waals surface area contributed by atoms with Crippen LogP contribution in [0.2, 0.25) is 0 Å². The Morgan fingerprint density at radius 1 is 1.09 bits per heavy atom. The minimum atomic E-state index is -1.41. The molecule has 33 heavy (non-hydrogen) atoms. The van der Waals surface area contributed by atoms with Crippen molar-refractivity contribution in [3.8, 4) is 11.1 Å². The van der Waals surface area contributed by atoms with Crippen LogP contribution in [0.4, 0.5) is 4.79 Å². The van der Waals surface area contributed by atoms with Crippen molar-refractivity contribution in [1.29, 1.82) is 0 Å². The van der Waals surface area contributed by atoms with E-state index in [-0.39, 0.29) is 19.1 Å². The number of nitrogens with one attached hydrogen (secondary N) is 1. The lowest BCUT2D eigenvalue weighted by atomic mass is 9.98. The van der Waals surface area contributed by atoms with Crippen LogP contribution in [0, 0.1) is 0 Å². The van der Waals surface area contributed by atoms with Crippen LogP contribution in [0.15, 0.2) is 48.5 Å². The molecule has 174 valence electrons. The molecule has 1 heterocycles. The van der Waals surface area contributed by atoms with Crippen molar-refractivity contribution in [1.82, 2.24) is 10.2 Å². The lowest BCUT2D eigenvalue weighted by molar-refractivity contribution is -0.159. The van der Waals surface area contributed by atoms with E-state index in [1.165, 1.54) is 20.9 Å². The van der Waals surface area contributed by atoms with Gasteiger partial charge in [0.25, 0.3) is 5.91 Å². The molecule has 2 aliphatic rings. The van der Waals surface area contributed by atoms with Crippen molar-refractivity contribution in [2.75, 3.05) is 20.3 Å². The zero-order chi connectivity index (χ0) is 23.8. The van der Waals surface area contributed by atoms with Gasteiger partial charge in [-0.25, -0.2) is 9.59 Å². The van der Waals surface area contributed by atoms with E-state index in [1.54, 1.807) is 0 Å². The molecule has 0 unspecified atom stereocenters. The fourth-order valence-electron chi connectivity index (χ4n) is 4.38. The van der Waals surface area contributed by atoms with Gasteiger partial charge in [-0.3, -0.25) is 4.79 Å². The number of rotatable bonds is 6. The standard InChI is InChI=1S/C25H28N2O6/c1-25(2,23(29)30)27(3)22(28)21-20(12-13-32-21)26-24(31)33-14-19-17-10-6-4-8-15(17)16-9-5-7-11-18(16)19/h4-11,19-21H,12-14H2,1-3H3,(H,26,31)(H,29,30)/t20-,21+/m1/s1. The second-order valence-corrected chi connectivity index (χ2v) is 8.92. The van der Waals surface area contributed by atoms with Gasteiger partial charge < -0.3 is 24.8 Å². The molecule has 4 rings (SSSR count). The lowest BCUT2D eigenvalue weighted by Crippen LogP contribution is -2.57. The Bertz CT molecular complexity index is 1040. The molecule has 1 aliphatic heterocycles. The van der Waals surface area contributed by atoms with Gasteiger partial charge in [-0.1, -0.05) is 48.5 Å². The Morgan fingerprint density at radius 2 is 1.67 bits per heavy atom. The summed E-state index contributed by atoms with van der Waals surface area (Å²) in [5, 5.41) is 12.1. The summed E-state index contributed by atoms with van der Waals surface area (Å²) in [7, 11) is 1.42. The molecule has 2 atom stereocenters. The van der Waals surface area contributed by atoms with E-state index in [2.05, 4.69) is 17.4 Å². The lowest BCUT2D eigenvalue weighted by Gasteiger charge is -2.34. The van der Waals surface area contributed by atoms with E-state index in [4.69, 9.17) is 9.47 Å². The minimum absolute atomic E-state index is 0.0668. The number of aliphatic carboxylic acids is 1. The van der Waals surface area contributed by atoms with Gasteiger partial charge in [0, 0.05) is 19.6 Å². The van der Waals surface area contributed by atoms with E-state index in [9.17, 15) is 19.5 Å². The minimum Gasteiger partial charge on any atom is -0.480 e. The molecule has 8 nitrogen and oxygen atoms in total. The molecular formula is C25H28N2O6. The van der Waals surface area contributed by atoms with Crippen LogP contribution >= 0.6 is 0 Å². The van der Waals surface area contributed by atoms with Crippen LogP contribution in [0.5, 0.6) is 0 Å². The molecule has 2 N–H and O–H groups in total. The van der Waals surface area contributed by atoms with Crippen molar-refractivity contribution >= 4 is 18.0 Å². The predicted molar refractivity (Wildman–Crippen MR) is 121 cm³/mol. The zero-order valence-electron chi connectivity index (χ0n) is 18.9. The molecule has 0 radical (unpaired) electrons. The number of carboxylic acids is 1. The molecule has 0 aromatic heterocycles. The van der Waals surface area contributed by atoms with Crippen molar-refractivity contribution in [2.45, 2.75) is 43.9 Å². The molecule has 0 spiro atoms. The highest BCUT2D eigenvalue weighted by Crippen LogP contribution is 2.44. The molecule has 8 heteroatoms. The van der Waals surface area contributed by atoms with Gasteiger partial charge in [0.05, 0.1) is 6.04 Å². The number of fused-ring (bicyclic) bond motifs is 3. The number of amides is 2. The third-order valence-electron chi connectivity index (χ3n) is 6.67. The zero-order valence-corrected chi connectivity index (χ0v) is 18.9. The molecule has 1 saturated heterocycles. The van der Waals surface area contributed by atoms with Crippen molar-refractivity contribution < 1.29 is 29.0 Å². The SMILES string of the molecule is CN(C(=O)[C@H]1OCC[C@H]1NC(=O)OCC1c2ccccc2-c2ccccc21)C(C)(C)C(=O)O. The van der Waals surface area contributed by atoms with Gasteiger partial charge in [-0.15, -0.1) is 0 Å². The van der Waals surface area contributed by atoms with Crippen LogP contribution in [0.1, 0.15) is 37.3 Å². The summed E-state index contributed by atoms with van der Waals surface area (Å²) in [6.45, 7) is 3.33. The van der Waals surface area contributed by atoms with Gasteiger partial charge >= 0.3 is 12.1 Å². The van der Waals surface area contributed by atoms with Gasteiger partial charge in [0.2, 0.25) is 0 Å². The number of carbonyl (C=O) groups is 3. The Morgan fingerprint density at radius 3 is 2.24 bits per heavy atom. The molecule has 1 aliphatic carbocycles. The maximum atomic E-state index is 12.9. The average molecular weight is 453 g/mol. The number of ether oxygens (including phenoxy) is 2. The van der Waals surface area contributed by atoms with E-state index in [0.717, 1.165) is 27.2 Å². The summed E-state index contributed by atoms with van der Waals surface area (Å²) < 4.78 is 11.1. The summed E-state index contributed by atoms with van der Waals surface area (Å²) in [5.74, 6) is -1.69. The Hall–Kier alpha value is -3.39. The fraction of sp³-hybridized carbons (Fsp3) is 0.400. The highest BCUT2D eigenvalue weighted by atomic mass is 16.6. The number of alkyl carbamates (subject to hydrolysis) is 1. The van der Waals surface area contributed by atoms with Crippen molar-refractivity contribution in [3.05, 3.63) is 59.7 Å². The van der Waals surface area contributed by atoms with Gasteiger partial charge in [-0.05, 0) is 42.5 Å². The maximum absolute atomic E-state index is 12.9. The van der Waals surface area contributed by atoms with Crippen molar-refractivity contribution in [3.63, 3.8) is 0 Å². The Balaban J connectivity index is 1.40. The van der Waals surface area contributed by atoms with Crippen LogP contribution in [0.25, 0.3) is 11.1 Å². The molecule has 0 bridgehead atoms. The third kappa shape index (κ3) is 4.18. The summed E-state index contributed by atoms with van der Waals surface area (Å²) in [6, 6.07) is 15.5. The van der Waals surface area contributed by atoms with Gasteiger partial charge in [0.15, 0.2) is 6.10 Å². The highest BCUT2D eigenvalue weighted by molar-refractivity contribution is 5.89. The summed E-state index contributed by atoms with van der Waals surface area (Å²) in [4.78, 5) is 38.1. The number of nitrogens with zero attached hydrogens (tertiary/aromatic N) is 1. The monoisotopic (exact) mass is 452 g/mol. The highest BCUT2D eigenvalue weighted by Gasteiger charge is 2.43. The second-order valence-electron chi connectivity index (χ2n) is 8.92. The van der Waals surface area contributed by atoms with E-state index >= 15 is 0 Å². The summed E-state index contributed by atoms with van der Waals surface area (Å²) in [6.07, 6.45) is -1.17. The molecule has 2 amide bonds. The first-order valence-electron chi connectivity index (χ1n) is 11.0. The first-order valence-corrected chi connectivity index (χ1v) is 11.0. The number of hydrogen-bond donors (Lipinski definition) is 2. The molecule has 2 aromatic carbocycles. The number of carbonyl (C=O) groups excluding carboxylic acids is 2. The smallest absolute Gasteiger partial charge is 0.407 e. The first kappa shape index (κ1) is 22.8. The number of hydrogen-bond acceptors (Lipinski definition) is 5. The number of carboxylic acid groups (broad SMARTS) is 1. The quantitative estimate of drug-likeness (QED) is 0.698. The third-order valence-corrected chi connectivity index (χ3v) is 6.67. The van der Waals surface area contributed by atoms with Crippen LogP contribution < -0.4 is 5.32 Å². The van der Waals surface area contributed by atoms with Crippen LogP contribution in [-0.2, 0) is 19.1 Å². The van der Waals surface area contributed by atoms with Crippen LogP contribution in [-0.4, -0.2) is 65.9 Å². The molecule has 2 aromatic rings. The molecular weight excluding hydrogens is 424 g/mol. The number of likely N-dealkylation sites (N-methyl/N-ethyl adjacent to an activating group) is 1. The van der Waals surface area contributed by atoms with Crippen molar-refractivity contribution in [2.24, 2.45) is 0 Å². The number of benzene rings is 2. The Kier molecular flexibility index (Phi) is 6.12. The largest absolute Gasteiger partial charge is 0.480 e. The molecule has 0 saturated carbocycles. The Labute approximate surface area is 192 Å². The average Bonchev–Trinajstić information content (AvgIpc) is 3.39. The van der Waals surface area contributed by atoms with E-state index in [0.29, 0.717) is 6.42 Å². The fourth-order valence-corrected chi connectivity index (χ4v) is 4.38. The van der Waals surface area contributed by atoms with Gasteiger partial charge in [-0.2, -0.15) is 0 Å². The van der Waals surface area contributed by atoms with E-state index in [1.807, 2.05) is 36.4 Å². The topological polar surface area (TPSA) is 105 Å². The molecule has 1 fully saturated rings. The normalized spacial score (nSPS) is 19.5.